The number of aliphatic carboxylic acids is 1. The first-order chi connectivity index (χ1) is 5.05. The highest BCUT2D eigenvalue weighted by Crippen LogP contribution is 2.27. The van der Waals surface area contributed by atoms with E-state index in [1.54, 1.807) is 13.8 Å². The molecular formula is C7H12O4. The molecule has 0 aromatic heterocycles. The molecular weight excluding hydrogens is 148 g/mol. The highest BCUT2D eigenvalue weighted by Gasteiger charge is 2.40. The molecule has 11 heavy (non-hydrogen) atoms. The Morgan fingerprint density at radius 2 is 1.91 bits per heavy atom. The van der Waals surface area contributed by atoms with Gasteiger partial charge in [0, 0.05) is 0 Å². The van der Waals surface area contributed by atoms with Gasteiger partial charge in [-0.3, -0.25) is 4.79 Å². The quantitative estimate of drug-likeness (QED) is 0.638. The number of carbonyl (C=O) groups is 1. The van der Waals surface area contributed by atoms with Crippen LogP contribution in [-0.2, 0) is 14.3 Å². The molecule has 0 unspecified atom stereocenters. The van der Waals surface area contributed by atoms with Crippen LogP contribution in [0.3, 0.4) is 0 Å². The van der Waals surface area contributed by atoms with Crippen molar-refractivity contribution in [3.8, 4) is 0 Å². The lowest BCUT2D eigenvalue weighted by atomic mass is 9.93. The van der Waals surface area contributed by atoms with Crippen molar-refractivity contribution in [1.29, 1.82) is 0 Å². The van der Waals surface area contributed by atoms with Crippen molar-refractivity contribution in [3.63, 3.8) is 0 Å². The van der Waals surface area contributed by atoms with Gasteiger partial charge in [-0.05, 0) is 13.8 Å². The summed E-state index contributed by atoms with van der Waals surface area (Å²) in [5.41, 5.74) is -0.948. The smallest absolute Gasteiger partial charge is 0.314 e. The molecule has 1 rings (SSSR count). The second-order valence-electron chi connectivity index (χ2n) is 3.10. The first-order valence-electron chi connectivity index (χ1n) is 3.52. The van der Waals surface area contributed by atoms with Crippen molar-refractivity contribution in [2.75, 3.05) is 13.2 Å². The standard InChI is InChI=1S/C7H12O4/c1-7(2,5(8)9)6-10-3-4-11-6/h6H,3-4H2,1-2H3,(H,8,9). The Labute approximate surface area is 65.1 Å². The second kappa shape index (κ2) is 2.79. The van der Waals surface area contributed by atoms with Gasteiger partial charge in [0.2, 0.25) is 0 Å². The largest absolute Gasteiger partial charge is 0.481 e. The van der Waals surface area contributed by atoms with Crippen LogP contribution in [0.15, 0.2) is 0 Å². The highest BCUT2D eigenvalue weighted by atomic mass is 16.7. The Balaban J connectivity index is 2.62. The lowest BCUT2D eigenvalue weighted by molar-refractivity contribution is -0.173. The lowest BCUT2D eigenvalue weighted by Gasteiger charge is -2.24. The maximum absolute atomic E-state index is 10.6. The monoisotopic (exact) mass is 160 g/mol. The van der Waals surface area contributed by atoms with Gasteiger partial charge in [0.25, 0.3) is 0 Å². The zero-order valence-corrected chi connectivity index (χ0v) is 6.66. The number of carboxylic acids is 1. The van der Waals surface area contributed by atoms with E-state index >= 15 is 0 Å². The maximum atomic E-state index is 10.6. The summed E-state index contributed by atoms with van der Waals surface area (Å²) in [7, 11) is 0. The number of rotatable bonds is 2. The number of hydrogen-bond donors (Lipinski definition) is 1. The van der Waals surface area contributed by atoms with E-state index in [4.69, 9.17) is 14.6 Å². The molecule has 4 nitrogen and oxygen atoms in total. The summed E-state index contributed by atoms with van der Waals surface area (Å²) in [5.74, 6) is -0.899. The molecule has 1 aliphatic rings. The molecule has 1 fully saturated rings. The predicted octanol–water partition coefficient (Wildman–Crippen LogP) is 0.470. The average molecular weight is 160 g/mol. The summed E-state index contributed by atoms with van der Waals surface area (Å²) in [4.78, 5) is 10.6. The summed E-state index contributed by atoms with van der Waals surface area (Å²) in [6.45, 7) is 4.15. The van der Waals surface area contributed by atoms with E-state index in [-0.39, 0.29) is 0 Å². The van der Waals surface area contributed by atoms with E-state index in [0.29, 0.717) is 13.2 Å². The van der Waals surface area contributed by atoms with Crippen LogP contribution in [0.1, 0.15) is 13.8 Å². The van der Waals surface area contributed by atoms with Gasteiger partial charge >= 0.3 is 5.97 Å². The number of carboxylic acid groups (broad SMARTS) is 1. The second-order valence-corrected chi connectivity index (χ2v) is 3.10. The van der Waals surface area contributed by atoms with Crippen molar-refractivity contribution in [2.24, 2.45) is 5.41 Å². The minimum atomic E-state index is -0.948. The molecule has 1 heterocycles. The lowest BCUT2D eigenvalue weighted by Crippen LogP contribution is -2.37. The third-order valence-corrected chi connectivity index (χ3v) is 1.76. The minimum absolute atomic E-state index is 0.487. The molecule has 0 spiro atoms. The molecule has 64 valence electrons. The van der Waals surface area contributed by atoms with E-state index in [2.05, 4.69) is 0 Å². The van der Waals surface area contributed by atoms with Crippen molar-refractivity contribution < 1.29 is 19.4 Å². The Hall–Kier alpha value is -0.610. The molecule has 0 bridgehead atoms. The predicted molar refractivity (Wildman–Crippen MR) is 37.1 cm³/mol. The molecule has 0 amide bonds. The first kappa shape index (κ1) is 8.49. The van der Waals surface area contributed by atoms with E-state index in [0.717, 1.165) is 0 Å². The fraction of sp³-hybridized carbons (Fsp3) is 0.857. The zero-order valence-electron chi connectivity index (χ0n) is 6.66. The SMILES string of the molecule is CC(C)(C(=O)O)C1OCCO1. The summed E-state index contributed by atoms with van der Waals surface area (Å²) in [6, 6.07) is 0. The van der Waals surface area contributed by atoms with Crippen molar-refractivity contribution in [2.45, 2.75) is 20.1 Å². The Morgan fingerprint density at radius 1 is 1.45 bits per heavy atom. The highest BCUT2D eigenvalue weighted by molar-refractivity contribution is 5.74. The molecule has 0 aliphatic carbocycles. The molecule has 0 atom stereocenters. The van der Waals surface area contributed by atoms with Gasteiger partial charge in [-0.2, -0.15) is 0 Å². The third-order valence-electron chi connectivity index (χ3n) is 1.76. The summed E-state index contributed by atoms with van der Waals surface area (Å²) >= 11 is 0. The van der Waals surface area contributed by atoms with Crippen LogP contribution in [0.4, 0.5) is 0 Å². The van der Waals surface area contributed by atoms with Crippen molar-refractivity contribution in [1.82, 2.24) is 0 Å². The van der Waals surface area contributed by atoms with Crippen molar-refractivity contribution in [3.05, 3.63) is 0 Å². The maximum Gasteiger partial charge on any atom is 0.314 e. The van der Waals surface area contributed by atoms with E-state index in [9.17, 15) is 4.79 Å². The normalized spacial score (nSPS) is 20.5. The van der Waals surface area contributed by atoms with E-state index in [1.807, 2.05) is 0 Å². The van der Waals surface area contributed by atoms with Gasteiger partial charge in [-0.25, -0.2) is 0 Å². The minimum Gasteiger partial charge on any atom is -0.481 e. The van der Waals surface area contributed by atoms with Gasteiger partial charge < -0.3 is 14.6 Å². The van der Waals surface area contributed by atoms with Gasteiger partial charge in [-0.1, -0.05) is 0 Å². The summed E-state index contributed by atoms with van der Waals surface area (Å²) < 4.78 is 10.2. The van der Waals surface area contributed by atoms with Crippen LogP contribution in [0.25, 0.3) is 0 Å². The van der Waals surface area contributed by atoms with E-state index < -0.39 is 17.7 Å². The molecule has 0 radical (unpaired) electrons. The topological polar surface area (TPSA) is 55.8 Å². The molecule has 1 saturated heterocycles. The Kier molecular flexibility index (Phi) is 2.15. The van der Waals surface area contributed by atoms with Gasteiger partial charge in [0.05, 0.1) is 13.2 Å². The number of ether oxygens (including phenoxy) is 2. The van der Waals surface area contributed by atoms with Gasteiger partial charge in [-0.15, -0.1) is 0 Å². The van der Waals surface area contributed by atoms with Crippen LogP contribution in [0.5, 0.6) is 0 Å². The molecule has 0 aromatic rings. The molecule has 4 heteroatoms. The molecule has 0 aromatic carbocycles. The number of hydrogen-bond acceptors (Lipinski definition) is 3. The zero-order chi connectivity index (χ0) is 8.48. The fourth-order valence-electron chi connectivity index (χ4n) is 0.876. The molecule has 1 aliphatic heterocycles. The van der Waals surface area contributed by atoms with Gasteiger partial charge in [0.15, 0.2) is 6.29 Å². The Bertz CT molecular complexity index is 158. The fourth-order valence-corrected chi connectivity index (χ4v) is 0.876. The summed E-state index contributed by atoms with van der Waals surface area (Å²) in [6.07, 6.45) is -0.597. The first-order valence-corrected chi connectivity index (χ1v) is 3.52. The molecule has 0 saturated carbocycles. The molecule has 1 N–H and O–H groups in total. The van der Waals surface area contributed by atoms with Crippen molar-refractivity contribution >= 4 is 5.97 Å². The van der Waals surface area contributed by atoms with Crippen LogP contribution >= 0.6 is 0 Å². The third kappa shape index (κ3) is 1.52. The Morgan fingerprint density at radius 3 is 2.27 bits per heavy atom. The van der Waals surface area contributed by atoms with Crippen LogP contribution < -0.4 is 0 Å². The average Bonchev–Trinajstić information content (AvgIpc) is 2.37. The van der Waals surface area contributed by atoms with Crippen LogP contribution in [-0.4, -0.2) is 30.6 Å². The van der Waals surface area contributed by atoms with Gasteiger partial charge in [0.1, 0.15) is 5.41 Å². The van der Waals surface area contributed by atoms with E-state index in [1.165, 1.54) is 0 Å². The van der Waals surface area contributed by atoms with Crippen LogP contribution in [0.2, 0.25) is 0 Å². The van der Waals surface area contributed by atoms with Crippen LogP contribution in [0, 0.1) is 5.41 Å². The summed E-state index contributed by atoms with van der Waals surface area (Å²) in [5, 5.41) is 8.74.